The maximum atomic E-state index is 12.8. The molecule has 5 N–H and O–H groups in total. The van der Waals surface area contributed by atoms with Crippen LogP contribution in [0.25, 0.3) is 0 Å². The number of hydrogen-bond donors (Lipinski definition) is 5. The van der Waals surface area contributed by atoms with Gasteiger partial charge in [0.25, 0.3) is 17.7 Å². The Morgan fingerprint density at radius 1 is 1.12 bits per heavy atom. The van der Waals surface area contributed by atoms with E-state index in [4.69, 9.17) is 27.9 Å². The maximum Gasteiger partial charge on any atom is 0.273 e. The molecule has 176 valence electrons. The molecule has 0 bridgehead atoms. The zero-order chi connectivity index (χ0) is 23.5. The van der Waals surface area contributed by atoms with Crippen molar-refractivity contribution in [2.45, 2.75) is 38.3 Å². The van der Waals surface area contributed by atoms with Gasteiger partial charge in [-0.3, -0.25) is 14.4 Å². The number of carbonyl (C=O) groups is 3. The Hall–Kier alpha value is -2.75. The van der Waals surface area contributed by atoms with E-state index >= 15 is 0 Å². The van der Waals surface area contributed by atoms with E-state index in [1.165, 1.54) is 6.07 Å². The van der Waals surface area contributed by atoms with E-state index in [1.807, 2.05) is 0 Å². The Bertz CT molecular complexity index is 1080. The highest BCUT2D eigenvalue weighted by Crippen LogP contribution is 2.32. The molecule has 33 heavy (non-hydrogen) atoms. The zero-order valence-corrected chi connectivity index (χ0v) is 19.5. The molecule has 2 aliphatic heterocycles. The molecule has 9 nitrogen and oxygen atoms in total. The fourth-order valence-corrected chi connectivity index (χ4v) is 4.27. The molecule has 4 rings (SSSR count). The molecule has 0 radical (unpaired) electrons. The van der Waals surface area contributed by atoms with E-state index in [0.717, 1.165) is 19.4 Å². The second-order valence-electron chi connectivity index (χ2n) is 8.12. The van der Waals surface area contributed by atoms with Gasteiger partial charge in [0.05, 0.1) is 15.7 Å². The second-order valence-corrected chi connectivity index (χ2v) is 8.88. The molecular formula is C22H25Cl2N5O4. The van der Waals surface area contributed by atoms with Crippen LogP contribution in [0.1, 0.15) is 45.8 Å². The molecule has 0 aliphatic carbocycles. The molecule has 1 aromatic heterocycles. The molecule has 0 spiro atoms. The van der Waals surface area contributed by atoms with Crippen LogP contribution in [0.3, 0.4) is 0 Å². The minimum atomic E-state index is -0.715. The molecule has 11 heteroatoms. The monoisotopic (exact) mass is 493 g/mol. The molecule has 2 fully saturated rings. The van der Waals surface area contributed by atoms with E-state index in [1.54, 1.807) is 19.1 Å². The Morgan fingerprint density at radius 3 is 2.58 bits per heavy atom. The Balaban J connectivity index is 1.58. The third-order valence-electron chi connectivity index (χ3n) is 5.67. The number of aryl methyl sites for hydroxylation is 1. The van der Waals surface area contributed by atoms with Crippen LogP contribution in [-0.2, 0) is 4.79 Å². The van der Waals surface area contributed by atoms with Crippen molar-refractivity contribution in [3.8, 4) is 5.75 Å². The lowest BCUT2D eigenvalue weighted by atomic mass is 10.1. The predicted molar refractivity (Wildman–Crippen MR) is 125 cm³/mol. The Morgan fingerprint density at radius 2 is 1.94 bits per heavy atom. The Kier molecular flexibility index (Phi) is 7.11. The molecular weight excluding hydrogens is 469 g/mol. The van der Waals surface area contributed by atoms with Crippen molar-refractivity contribution in [3.63, 3.8) is 0 Å². The minimum Gasteiger partial charge on any atom is -0.478 e. The molecule has 2 aromatic rings. The highest BCUT2D eigenvalue weighted by molar-refractivity contribution is 6.44. The number of piperidine rings is 1. The van der Waals surface area contributed by atoms with Crippen molar-refractivity contribution < 1.29 is 19.1 Å². The van der Waals surface area contributed by atoms with Gasteiger partial charge in [0.15, 0.2) is 6.10 Å². The number of ether oxygens (including phenoxy) is 1. The summed E-state index contributed by atoms with van der Waals surface area (Å²) in [5.74, 6) is -0.811. The number of hydrogen-bond acceptors (Lipinski definition) is 5. The van der Waals surface area contributed by atoms with Crippen molar-refractivity contribution in [1.29, 1.82) is 0 Å². The van der Waals surface area contributed by atoms with E-state index < -0.39 is 12.0 Å². The molecule has 0 saturated carbocycles. The number of carbonyl (C=O) groups excluding carboxylic acids is 3. The average Bonchev–Trinajstić information content (AvgIpc) is 3.32. The average molecular weight is 494 g/mol. The number of amides is 3. The molecule has 1 aromatic carbocycles. The number of anilines is 1. The smallest absolute Gasteiger partial charge is 0.273 e. The summed E-state index contributed by atoms with van der Waals surface area (Å²) in [5, 5.41) is 12.1. The van der Waals surface area contributed by atoms with Crippen LogP contribution in [-0.4, -0.2) is 54.5 Å². The van der Waals surface area contributed by atoms with E-state index in [2.05, 4.69) is 26.3 Å². The van der Waals surface area contributed by atoms with Gasteiger partial charge in [0, 0.05) is 36.8 Å². The highest BCUT2D eigenvalue weighted by atomic mass is 35.5. The first kappa shape index (κ1) is 23.4. The van der Waals surface area contributed by atoms with Crippen molar-refractivity contribution >= 4 is 46.6 Å². The fourth-order valence-electron chi connectivity index (χ4n) is 3.86. The van der Waals surface area contributed by atoms with Crippen LogP contribution in [0.2, 0.25) is 10.0 Å². The van der Waals surface area contributed by atoms with Crippen LogP contribution >= 0.6 is 23.2 Å². The first-order valence-electron chi connectivity index (χ1n) is 10.8. The molecule has 2 unspecified atom stereocenters. The Labute approximate surface area is 200 Å². The van der Waals surface area contributed by atoms with Crippen LogP contribution in [0.5, 0.6) is 5.75 Å². The normalized spacial score (nSPS) is 20.3. The van der Waals surface area contributed by atoms with Gasteiger partial charge in [-0.25, -0.2) is 0 Å². The lowest BCUT2D eigenvalue weighted by Gasteiger charge is -2.24. The first-order valence-corrected chi connectivity index (χ1v) is 11.5. The third-order valence-corrected chi connectivity index (χ3v) is 6.62. The summed E-state index contributed by atoms with van der Waals surface area (Å²) in [6.07, 6.45) is 1.66. The SMILES string of the molecule is Cc1[nH]c(C(=O)Nc2ccc(C(=O)NC3CCCNC3)cc2OC2CCNC2=O)c(Cl)c1Cl. The summed E-state index contributed by atoms with van der Waals surface area (Å²) in [6, 6.07) is 4.73. The van der Waals surface area contributed by atoms with Gasteiger partial charge in [-0.15, -0.1) is 0 Å². The number of benzene rings is 1. The fraction of sp³-hybridized carbons (Fsp3) is 0.409. The van der Waals surface area contributed by atoms with Crippen LogP contribution < -0.4 is 26.0 Å². The van der Waals surface area contributed by atoms with Gasteiger partial charge in [0.1, 0.15) is 11.4 Å². The van der Waals surface area contributed by atoms with Crippen molar-refractivity contribution in [2.75, 3.05) is 25.0 Å². The number of rotatable bonds is 6. The van der Waals surface area contributed by atoms with Gasteiger partial charge in [0.2, 0.25) is 0 Å². The topological polar surface area (TPSA) is 124 Å². The highest BCUT2D eigenvalue weighted by Gasteiger charge is 2.28. The summed E-state index contributed by atoms with van der Waals surface area (Å²) in [7, 11) is 0. The maximum absolute atomic E-state index is 12.8. The lowest BCUT2D eigenvalue weighted by molar-refractivity contribution is -0.124. The molecule has 2 atom stereocenters. The summed E-state index contributed by atoms with van der Waals surface area (Å²) in [5.41, 5.74) is 1.34. The third kappa shape index (κ3) is 5.26. The van der Waals surface area contributed by atoms with Crippen LogP contribution in [0, 0.1) is 6.92 Å². The van der Waals surface area contributed by atoms with E-state index in [9.17, 15) is 14.4 Å². The van der Waals surface area contributed by atoms with Crippen molar-refractivity contribution in [3.05, 3.63) is 45.2 Å². The van der Waals surface area contributed by atoms with Gasteiger partial charge < -0.3 is 31.0 Å². The number of halogens is 2. The first-order chi connectivity index (χ1) is 15.8. The molecule has 3 heterocycles. The van der Waals surface area contributed by atoms with Gasteiger partial charge >= 0.3 is 0 Å². The van der Waals surface area contributed by atoms with E-state index in [0.29, 0.717) is 36.5 Å². The van der Waals surface area contributed by atoms with E-state index in [-0.39, 0.29) is 39.3 Å². The molecule has 2 saturated heterocycles. The lowest BCUT2D eigenvalue weighted by Crippen LogP contribution is -2.45. The number of nitrogens with one attached hydrogen (secondary N) is 5. The number of H-pyrrole nitrogens is 1. The van der Waals surface area contributed by atoms with Crippen LogP contribution in [0.4, 0.5) is 5.69 Å². The summed E-state index contributed by atoms with van der Waals surface area (Å²) in [6.45, 7) is 3.85. The largest absolute Gasteiger partial charge is 0.478 e. The predicted octanol–water partition coefficient (Wildman–Crippen LogP) is 2.63. The number of aromatic amines is 1. The quantitative estimate of drug-likeness (QED) is 0.423. The van der Waals surface area contributed by atoms with Crippen LogP contribution in [0.15, 0.2) is 18.2 Å². The standard InChI is InChI=1S/C22H25Cl2N5O4/c1-11-17(23)18(24)19(27-11)22(32)29-14-5-4-12(20(30)28-13-3-2-7-25-10-13)9-16(14)33-15-6-8-26-21(15)31/h4-5,9,13,15,25,27H,2-3,6-8,10H2,1H3,(H,26,31)(H,28,30)(H,29,32). The zero-order valence-electron chi connectivity index (χ0n) is 18.0. The second kappa shape index (κ2) is 10.0. The van der Waals surface area contributed by atoms with Gasteiger partial charge in [-0.2, -0.15) is 0 Å². The molecule has 2 aliphatic rings. The number of aromatic nitrogens is 1. The van der Waals surface area contributed by atoms with Crippen molar-refractivity contribution in [1.82, 2.24) is 20.9 Å². The van der Waals surface area contributed by atoms with Gasteiger partial charge in [-0.05, 0) is 44.5 Å². The van der Waals surface area contributed by atoms with Crippen molar-refractivity contribution in [2.24, 2.45) is 0 Å². The summed E-state index contributed by atoms with van der Waals surface area (Å²) in [4.78, 5) is 40.5. The minimum absolute atomic E-state index is 0.0404. The van der Waals surface area contributed by atoms with Gasteiger partial charge in [-0.1, -0.05) is 23.2 Å². The molecule has 3 amide bonds. The summed E-state index contributed by atoms with van der Waals surface area (Å²) < 4.78 is 5.91. The summed E-state index contributed by atoms with van der Waals surface area (Å²) >= 11 is 12.2.